The number of carbonyl (C=O) groups excluding carboxylic acids is 2. The lowest BCUT2D eigenvalue weighted by Gasteiger charge is -2.31. The number of nitrogens with zero attached hydrogens (tertiary/aromatic N) is 1. The number of piperidine rings is 1. The molecule has 156 valence electrons. The number of allylic oxidation sites excluding steroid dienone is 1. The highest BCUT2D eigenvalue weighted by Gasteiger charge is 2.26. The molecule has 0 bridgehead atoms. The molecule has 6 nitrogen and oxygen atoms in total. The number of benzene rings is 1. The van der Waals surface area contributed by atoms with Crippen LogP contribution in [0.3, 0.4) is 0 Å². The van der Waals surface area contributed by atoms with Crippen LogP contribution in [0, 0.1) is 0 Å². The molecule has 2 rings (SSSR count). The molecule has 1 aliphatic heterocycles. The first kappa shape index (κ1) is 24.0. The largest absolute Gasteiger partial charge is 0.452 e. The first-order valence-electron chi connectivity index (χ1n) is 9.54. The van der Waals surface area contributed by atoms with Gasteiger partial charge in [0.25, 0.3) is 0 Å². The second-order valence-corrected chi connectivity index (χ2v) is 7.87. The number of halogens is 1. The molecular weight excluding hydrogens is 424 g/mol. The molecule has 1 heterocycles. The van der Waals surface area contributed by atoms with Gasteiger partial charge in [0, 0.05) is 24.6 Å². The standard InChI is InChI=1S/C19H25BrN2O4.C2H6/c1-19(2,3)26-18(24)22-10-8-13(9-11-22)16(12-23)25-15-7-5-6-14(20)17(15)21-4;1-2/h5-7,12,21H,8-11H2,1-4H3;1-2H3. The Morgan fingerprint density at radius 1 is 1.21 bits per heavy atom. The van der Waals surface area contributed by atoms with E-state index >= 15 is 0 Å². The number of nitrogens with one attached hydrogen (secondary N) is 1. The third-order valence-electron chi connectivity index (χ3n) is 3.92. The summed E-state index contributed by atoms with van der Waals surface area (Å²) in [4.78, 5) is 25.4. The van der Waals surface area contributed by atoms with Gasteiger partial charge in [-0.1, -0.05) is 19.9 Å². The van der Waals surface area contributed by atoms with Crippen LogP contribution in [-0.2, 0) is 9.53 Å². The van der Waals surface area contributed by atoms with E-state index in [4.69, 9.17) is 9.47 Å². The molecular formula is C21H31BrN2O4. The number of hydrogen-bond donors (Lipinski definition) is 1. The third kappa shape index (κ3) is 6.86. The van der Waals surface area contributed by atoms with E-state index in [1.54, 1.807) is 18.0 Å². The smallest absolute Gasteiger partial charge is 0.410 e. The van der Waals surface area contributed by atoms with Crippen molar-refractivity contribution in [3.63, 3.8) is 0 Å². The Morgan fingerprint density at radius 2 is 1.82 bits per heavy atom. The fraction of sp³-hybridized carbons (Fsp3) is 0.524. The van der Waals surface area contributed by atoms with Crippen LogP contribution in [0.1, 0.15) is 47.5 Å². The van der Waals surface area contributed by atoms with E-state index in [2.05, 4.69) is 21.2 Å². The van der Waals surface area contributed by atoms with E-state index in [1.165, 1.54) is 0 Å². The van der Waals surface area contributed by atoms with Crippen LogP contribution in [0.25, 0.3) is 0 Å². The average molecular weight is 455 g/mol. The van der Waals surface area contributed by atoms with Gasteiger partial charge in [0.1, 0.15) is 5.60 Å². The summed E-state index contributed by atoms with van der Waals surface area (Å²) in [5.74, 6) is 0.884. The minimum atomic E-state index is -0.519. The van der Waals surface area contributed by atoms with E-state index in [-0.39, 0.29) is 6.09 Å². The molecule has 1 saturated heterocycles. The quantitative estimate of drug-likeness (QED) is 0.375. The van der Waals surface area contributed by atoms with Crippen molar-refractivity contribution in [2.24, 2.45) is 0 Å². The number of hydrogen-bond acceptors (Lipinski definition) is 5. The number of carbonyl (C=O) groups is 2. The number of rotatable bonds is 4. The number of amides is 1. The Hall–Kier alpha value is -2.02. The average Bonchev–Trinajstić information content (AvgIpc) is 2.66. The van der Waals surface area contributed by atoms with Crippen molar-refractivity contribution in [3.05, 3.63) is 34.0 Å². The molecule has 1 fully saturated rings. The van der Waals surface area contributed by atoms with Gasteiger partial charge in [-0.15, -0.1) is 0 Å². The molecule has 7 heteroatoms. The van der Waals surface area contributed by atoms with Gasteiger partial charge in [0.15, 0.2) is 17.8 Å². The zero-order valence-electron chi connectivity index (χ0n) is 17.6. The Labute approximate surface area is 176 Å². The van der Waals surface area contributed by atoms with Crippen molar-refractivity contribution in [1.82, 2.24) is 4.90 Å². The molecule has 1 aromatic carbocycles. The molecule has 1 amide bonds. The highest BCUT2D eigenvalue weighted by atomic mass is 79.9. The van der Waals surface area contributed by atoms with E-state index < -0.39 is 5.60 Å². The predicted octanol–water partition coefficient (Wildman–Crippen LogP) is 5.38. The van der Waals surface area contributed by atoms with Crippen molar-refractivity contribution in [1.29, 1.82) is 0 Å². The van der Waals surface area contributed by atoms with Gasteiger partial charge in [-0.3, -0.25) is 4.79 Å². The van der Waals surface area contributed by atoms with Crippen LogP contribution in [0.5, 0.6) is 5.75 Å². The molecule has 28 heavy (non-hydrogen) atoms. The lowest BCUT2D eigenvalue weighted by atomic mass is 10.0. The topological polar surface area (TPSA) is 67.9 Å². The maximum Gasteiger partial charge on any atom is 0.410 e. The Morgan fingerprint density at radius 3 is 2.32 bits per heavy atom. The van der Waals surface area contributed by atoms with Gasteiger partial charge < -0.3 is 19.7 Å². The van der Waals surface area contributed by atoms with Crippen molar-refractivity contribution < 1.29 is 19.1 Å². The summed E-state index contributed by atoms with van der Waals surface area (Å²) in [6.07, 6.45) is 1.57. The summed E-state index contributed by atoms with van der Waals surface area (Å²) in [6.45, 7) is 10.5. The third-order valence-corrected chi connectivity index (χ3v) is 4.58. The van der Waals surface area contributed by atoms with Crippen molar-refractivity contribution in [3.8, 4) is 5.75 Å². The van der Waals surface area contributed by atoms with Crippen molar-refractivity contribution in [2.45, 2.75) is 53.1 Å². The summed E-state index contributed by atoms with van der Waals surface area (Å²) in [5.41, 5.74) is 1.16. The molecule has 0 radical (unpaired) electrons. The fourth-order valence-electron chi connectivity index (χ4n) is 2.66. The first-order valence-corrected chi connectivity index (χ1v) is 10.3. The van der Waals surface area contributed by atoms with Crippen LogP contribution in [-0.4, -0.2) is 43.0 Å². The molecule has 0 aromatic heterocycles. The fourth-order valence-corrected chi connectivity index (χ4v) is 3.21. The van der Waals surface area contributed by atoms with Gasteiger partial charge in [0.05, 0.1) is 5.69 Å². The van der Waals surface area contributed by atoms with Crippen molar-refractivity contribution >= 4 is 34.0 Å². The van der Waals surface area contributed by atoms with E-state index in [0.29, 0.717) is 37.4 Å². The summed E-state index contributed by atoms with van der Waals surface area (Å²) < 4.78 is 12.1. The normalized spacial score (nSPS) is 13.8. The van der Waals surface area contributed by atoms with Gasteiger partial charge in [0.2, 0.25) is 0 Å². The van der Waals surface area contributed by atoms with Crippen LogP contribution >= 0.6 is 15.9 Å². The summed E-state index contributed by atoms with van der Waals surface area (Å²) in [5, 5.41) is 3.06. The lowest BCUT2D eigenvalue weighted by molar-refractivity contribution is -0.106. The zero-order chi connectivity index (χ0) is 21.3. The SMILES string of the molecule is CC.CNc1c(Br)cccc1OC(C=O)=C1CCN(C(=O)OC(C)(C)C)CC1. The second-order valence-electron chi connectivity index (χ2n) is 7.02. The van der Waals surface area contributed by atoms with E-state index in [9.17, 15) is 9.59 Å². The number of ether oxygens (including phenoxy) is 2. The highest BCUT2D eigenvalue weighted by molar-refractivity contribution is 9.10. The summed E-state index contributed by atoms with van der Waals surface area (Å²) in [6, 6.07) is 5.54. The van der Waals surface area contributed by atoms with Gasteiger partial charge in [-0.2, -0.15) is 0 Å². The molecule has 0 unspecified atom stereocenters. The van der Waals surface area contributed by atoms with Gasteiger partial charge in [-0.05, 0) is 67.2 Å². The highest BCUT2D eigenvalue weighted by Crippen LogP contribution is 2.34. The molecule has 1 N–H and O–H groups in total. The number of aldehydes is 1. The molecule has 1 aromatic rings. The minimum Gasteiger partial charge on any atom is -0.452 e. The maximum absolute atomic E-state index is 12.1. The predicted molar refractivity (Wildman–Crippen MR) is 116 cm³/mol. The molecule has 0 spiro atoms. The number of likely N-dealkylation sites (tertiary alicyclic amines) is 1. The lowest BCUT2D eigenvalue weighted by Crippen LogP contribution is -2.40. The van der Waals surface area contributed by atoms with Crippen LogP contribution < -0.4 is 10.1 Å². The first-order chi connectivity index (χ1) is 13.2. The summed E-state index contributed by atoms with van der Waals surface area (Å²) >= 11 is 3.46. The second kappa shape index (κ2) is 11.1. The van der Waals surface area contributed by atoms with E-state index in [1.807, 2.05) is 46.8 Å². The van der Waals surface area contributed by atoms with Crippen LogP contribution in [0.15, 0.2) is 34.0 Å². The Kier molecular flexibility index (Phi) is 9.52. The molecule has 0 aliphatic carbocycles. The molecule has 1 aliphatic rings. The monoisotopic (exact) mass is 454 g/mol. The van der Waals surface area contributed by atoms with Gasteiger partial charge >= 0.3 is 6.09 Å². The maximum atomic E-state index is 12.1. The Bertz CT molecular complexity index is 701. The molecule has 0 atom stereocenters. The number of para-hydroxylation sites is 1. The molecule has 0 saturated carbocycles. The van der Waals surface area contributed by atoms with Gasteiger partial charge in [-0.25, -0.2) is 4.79 Å². The summed E-state index contributed by atoms with van der Waals surface area (Å²) in [7, 11) is 1.79. The minimum absolute atomic E-state index is 0.309. The number of anilines is 1. The Balaban J connectivity index is 0.00000190. The zero-order valence-corrected chi connectivity index (χ0v) is 19.2. The van der Waals surface area contributed by atoms with Crippen molar-refractivity contribution in [2.75, 3.05) is 25.5 Å². The van der Waals surface area contributed by atoms with E-state index in [0.717, 1.165) is 22.0 Å². The van der Waals surface area contributed by atoms with Crippen LogP contribution in [0.4, 0.5) is 10.5 Å². The van der Waals surface area contributed by atoms with Crippen LogP contribution in [0.2, 0.25) is 0 Å².